The number of rotatable bonds is 4. The first kappa shape index (κ1) is 19.9. The second-order valence-corrected chi connectivity index (χ2v) is 8.20. The zero-order chi connectivity index (χ0) is 20.4. The Hall–Kier alpha value is -2.35. The van der Waals surface area contributed by atoms with Crippen LogP contribution in [0.2, 0.25) is 5.02 Å². The summed E-state index contributed by atoms with van der Waals surface area (Å²) in [5, 5.41) is 3.71. The summed E-state index contributed by atoms with van der Waals surface area (Å²) in [6, 6.07) is 10.6. The van der Waals surface area contributed by atoms with Crippen LogP contribution in [0.5, 0.6) is 0 Å². The van der Waals surface area contributed by atoms with Gasteiger partial charge in [-0.2, -0.15) is 0 Å². The summed E-state index contributed by atoms with van der Waals surface area (Å²) in [7, 11) is 0. The topological polar surface area (TPSA) is 36.4 Å². The van der Waals surface area contributed by atoms with Crippen LogP contribution >= 0.6 is 22.9 Å². The number of benzene rings is 2. The molecule has 1 saturated heterocycles. The molecule has 1 aliphatic heterocycles. The average Bonchev–Trinajstić information content (AvgIpc) is 3.17. The van der Waals surface area contributed by atoms with E-state index >= 15 is 0 Å². The SMILES string of the molecule is O=C(c1ccc(F)cc1F)N1CCN(Cc2nc(-c3ccc(Cl)cc3)cs2)CC1. The van der Waals surface area contributed by atoms with E-state index in [1.165, 1.54) is 6.07 Å². The summed E-state index contributed by atoms with van der Waals surface area (Å²) in [6.45, 7) is 3.02. The standard InChI is InChI=1S/C21H18ClF2N3OS/c22-15-3-1-14(2-4-15)19-13-29-20(25-19)12-26-7-9-27(10-8-26)21(28)17-6-5-16(23)11-18(17)24/h1-6,11,13H,7-10,12H2. The van der Waals surface area contributed by atoms with E-state index in [0.717, 1.165) is 28.4 Å². The molecular weight excluding hydrogens is 416 g/mol. The molecule has 1 amide bonds. The van der Waals surface area contributed by atoms with Gasteiger partial charge in [0.1, 0.15) is 16.6 Å². The predicted octanol–water partition coefficient (Wildman–Crippen LogP) is 4.70. The predicted molar refractivity (Wildman–Crippen MR) is 110 cm³/mol. The lowest BCUT2D eigenvalue weighted by molar-refractivity contribution is 0.0624. The number of halogens is 3. The number of aromatic nitrogens is 1. The maximum absolute atomic E-state index is 13.9. The largest absolute Gasteiger partial charge is 0.336 e. The molecule has 0 spiro atoms. The Balaban J connectivity index is 1.34. The molecule has 0 N–H and O–H groups in total. The van der Waals surface area contributed by atoms with E-state index in [0.29, 0.717) is 37.7 Å². The highest BCUT2D eigenvalue weighted by Crippen LogP contribution is 2.24. The Bertz CT molecular complexity index is 1020. The van der Waals surface area contributed by atoms with Crippen molar-refractivity contribution < 1.29 is 13.6 Å². The maximum atomic E-state index is 13.9. The highest BCUT2D eigenvalue weighted by atomic mass is 35.5. The molecule has 4 nitrogen and oxygen atoms in total. The number of piperazine rings is 1. The summed E-state index contributed by atoms with van der Waals surface area (Å²) >= 11 is 7.53. The van der Waals surface area contributed by atoms with E-state index in [9.17, 15) is 13.6 Å². The van der Waals surface area contributed by atoms with Crippen molar-refractivity contribution in [2.75, 3.05) is 26.2 Å². The van der Waals surface area contributed by atoms with E-state index in [1.807, 2.05) is 29.6 Å². The summed E-state index contributed by atoms with van der Waals surface area (Å²) in [5.41, 5.74) is 1.85. The smallest absolute Gasteiger partial charge is 0.256 e. The van der Waals surface area contributed by atoms with Crippen molar-refractivity contribution in [3.05, 3.63) is 75.1 Å². The van der Waals surface area contributed by atoms with Gasteiger partial charge in [-0.3, -0.25) is 9.69 Å². The van der Waals surface area contributed by atoms with Crippen LogP contribution in [0, 0.1) is 11.6 Å². The third-order valence-corrected chi connectivity index (χ3v) is 5.96. The Kier molecular flexibility index (Phi) is 5.89. The quantitative estimate of drug-likeness (QED) is 0.598. The van der Waals surface area contributed by atoms with E-state index < -0.39 is 17.5 Å². The molecule has 2 aromatic carbocycles. The number of hydrogen-bond donors (Lipinski definition) is 0. The molecule has 29 heavy (non-hydrogen) atoms. The monoisotopic (exact) mass is 433 g/mol. The summed E-state index contributed by atoms with van der Waals surface area (Å²) in [6.07, 6.45) is 0. The maximum Gasteiger partial charge on any atom is 0.256 e. The van der Waals surface area contributed by atoms with E-state index in [4.69, 9.17) is 16.6 Å². The molecular formula is C21H18ClF2N3OS. The summed E-state index contributed by atoms with van der Waals surface area (Å²) in [5.74, 6) is -1.92. The summed E-state index contributed by atoms with van der Waals surface area (Å²) < 4.78 is 26.9. The average molecular weight is 434 g/mol. The Morgan fingerprint density at radius 3 is 2.48 bits per heavy atom. The van der Waals surface area contributed by atoms with Crippen LogP contribution in [-0.4, -0.2) is 46.9 Å². The molecule has 1 fully saturated rings. The molecule has 1 aromatic heterocycles. The molecule has 1 aliphatic rings. The van der Waals surface area contributed by atoms with Crippen molar-refractivity contribution in [1.29, 1.82) is 0 Å². The van der Waals surface area contributed by atoms with Gasteiger partial charge in [0.25, 0.3) is 5.91 Å². The van der Waals surface area contributed by atoms with Gasteiger partial charge >= 0.3 is 0 Å². The molecule has 3 aromatic rings. The van der Waals surface area contributed by atoms with Crippen molar-refractivity contribution in [3.8, 4) is 11.3 Å². The van der Waals surface area contributed by atoms with Crippen LogP contribution in [0.3, 0.4) is 0 Å². The second-order valence-electron chi connectivity index (χ2n) is 6.83. The number of nitrogens with zero attached hydrogens (tertiary/aromatic N) is 3. The molecule has 2 heterocycles. The lowest BCUT2D eigenvalue weighted by Gasteiger charge is -2.34. The van der Waals surface area contributed by atoms with Gasteiger partial charge in [-0.05, 0) is 24.3 Å². The first-order valence-corrected chi connectivity index (χ1v) is 10.4. The van der Waals surface area contributed by atoms with E-state index in [-0.39, 0.29) is 5.56 Å². The molecule has 4 rings (SSSR count). The molecule has 0 saturated carbocycles. The first-order chi connectivity index (χ1) is 14.0. The van der Waals surface area contributed by atoms with Gasteiger partial charge in [0.15, 0.2) is 0 Å². The van der Waals surface area contributed by atoms with Gasteiger partial charge in [-0.25, -0.2) is 13.8 Å². The van der Waals surface area contributed by atoms with Crippen LogP contribution < -0.4 is 0 Å². The molecule has 150 valence electrons. The van der Waals surface area contributed by atoms with Crippen LogP contribution in [0.25, 0.3) is 11.3 Å². The van der Waals surface area contributed by atoms with Gasteiger partial charge in [-0.15, -0.1) is 11.3 Å². The fourth-order valence-corrected chi connectivity index (χ4v) is 4.24. The number of amides is 1. The fraction of sp³-hybridized carbons (Fsp3) is 0.238. The second kappa shape index (κ2) is 8.57. The lowest BCUT2D eigenvalue weighted by Crippen LogP contribution is -2.48. The third kappa shape index (κ3) is 4.63. The minimum Gasteiger partial charge on any atom is -0.336 e. The van der Waals surface area contributed by atoms with Crippen LogP contribution in [0.1, 0.15) is 15.4 Å². The fourth-order valence-electron chi connectivity index (χ4n) is 3.27. The molecule has 0 unspecified atom stereocenters. The van der Waals surface area contributed by atoms with Crippen LogP contribution in [-0.2, 0) is 6.54 Å². The number of carbonyl (C=O) groups excluding carboxylic acids is 1. The van der Waals surface area contributed by atoms with Crippen LogP contribution in [0.15, 0.2) is 47.8 Å². The lowest BCUT2D eigenvalue weighted by atomic mass is 10.1. The van der Waals surface area contributed by atoms with Gasteiger partial charge in [0, 0.05) is 48.2 Å². The number of carbonyl (C=O) groups is 1. The summed E-state index contributed by atoms with van der Waals surface area (Å²) in [4.78, 5) is 21.0. The third-order valence-electron chi connectivity index (χ3n) is 4.87. The minimum atomic E-state index is -0.824. The van der Waals surface area contributed by atoms with Gasteiger partial charge < -0.3 is 4.90 Å². The molecule has 0 atom stereocenters. The molecule has 0 bridgehead atoms. The first-order valence-electron chi connectivity index (χ1n) is 9.16. The van der Waals surface area contributed by atoms with Crippen LogP contribution in [0.4, 0.5) is 8.78 Å². The van der Waals surface area contributed by atoms with Crippen molar-refractivity contribution in [2.45, 2.75) is 6.54 Å². The van der Waals surface area contributed by atoms with Crippen molar-refractivity contribution in [1.82, 2.24) is 14.8 Å². The Morgan fingerprint density at radius 1 is 1.07 bits per heavy atom. The van der Waals surface area contributed by atoms with Crippen molar-refractivity contribution in [3.63, 3.8) is 0 Å². The van der Waals surface area contributed by atoms with Gasteiger partial charge in [0.05, 0.1) is 17.8 Å². The molecule has 8 heteroatoms. The van der Waals surface area contributed by atoms with E-state index in [2.05, 4.69) is 4.90 Å². The minimum absolute atomic E-state index is 0.0904. The van der Waals surface area contributed by atoms with Crippen molar-refractivity contribution in [2.24, 2.45) is 0 Å². The Morgan fingerprint density at radius 2 is 1.79 bits per heavy atom. The van der Waals surface area contributed by atoms with Crippen molar-refractivity contribution >= 4 is 28.8 Å². The van der Waals surface area contributed by atoms with Gasteiger partial charge in [0.2, 0.25) is 0 Å². The van der Waals surface area contributed by atoms with E-state index in [1.54, 1.807) is 16.2 Å². The Labute approximate surface area is 176 Å². The molecule has 0 aliphatic carbocycles. The highest BCUT2D eigenvalue weighted by Gasteiger charge is 2.24. The molecule has 0 radical (unpaired) electrons. The van der Waals surface area contributed by atoms with Gasteiger partial charge in [-0.1, -0.05) is 23.7 Å². The zero-order valence-electron chi connectivity index (χ0n) is 15.4. The number of hydrogen-bond acceptors (Lipinski definition) is 4. The zero-order valence-corrected chi connectivity index (χ0v) is 17.0. The normalized spacial score (nSPS) is 14.9. The highest BCUT2D eigenvalue weighted by molar-refractivity contribution is 7.09. The number of thiazole rings is 1.